The first-order valence-corrected chi connectivity index (χ1v) is 7.23. The molecule has 2 rings (SSSR count). The molecule has 2 atom stereocenters. The molecule has 1 saturated heterocycles. The van der Waals surface area contributed by atoms with E-state index < -0.39 is 0 Å². The maximum absolute atomic E-state index is 13.1. The van der Waals surface area contributed by atoms with Crippen molar-refractivity contribution in [1.29, 1.82) is 0 Å². The molecule has 0 spiro atoms. The van der Waals surface area contributed by atoms with Crippen molar-refractivity contribution in [3.63, 3.8) is 0 Å². The van der Waals surface area contributed by atoms with Crippen molar-refractivity contribution in [2.75, 3.05) is 13.2 Å². The Labute approximate surface area is 115 Å². The van der Waals surface area contributed by atoms with Crippen LogP contribution in [0.3, 0.4) is 0 Å². The van der Waals surface area contributed by atoms with Crippen LogP contribution >= 0.6 is 0 Å². The number of benzene rings is 1. The fourth-order valence-electron chi connectivity index (χ4n) is 2.95. The van der Waals surface area contributed by atoms with Gasteiger partial charge in [0.2, 0.25) is 0 Å². The Balaban J connectivity index is 2.23. The summed E-state index contributed by atoms with van der Waals surface area (Å²) in [5.74, 6) is -0.177. The molecular formula is C16H25FNO+. The van der Waals surface area contributed by atoms with Gasteiger partial charge in [-0.25, -0.2) is 4.39 Å². The lowest BCUT2D eigenvalue weighted by molar-refractivity contribution is -0.372. The molecule has 0 saturated carbocycles. The van der Waals surface area contributed by atoms with Crippen molar-refractivity contribution in [3.05, 3.63) is 35.6 Å². The lowest BCUT2D eigenvalue weighted by Crippen LogP contribution is -2.55. The van der Waals surface area contributed by atoms with Crippen molar-refractivity contribution in [1.82, 2.24) is 0 Å². The Morgan fingerprint density at radius 2 is 1.95 bits per heavy atom. The topological polar surface area (TPSA) is 36.9 Å². The summed E-state index contributed by atoms with van der Waals surface area (Å²) in [5.41, 5.74) is 5.21. The highest BCUT2D eigenvalue weighted by Gasteiger charge is 2.41. The van der Waals surface area contributed by atoms with Gasteiger partial charge in [0, 0.05) is 11.8 Å². The van der Waals surface area contributed by atoms with Gasteiger partial charge in [0.15, 0.2) is 0 Å². The largest absolute Gasteiger partial charge is 0.374 e. The second-order valence-corrected chi connectivity index (χ2v) is 5.98. The zero-order valence-corrected chi connectivity index (χ0v) is 12.0. The number of hydrogen-bond acceptors (Lipinski definition) is 1. The zero-order valence-electron chi connectivity index (χ0n) is 12.0. The van der Waals surface area contributed by atoms with E-state index in [0.717, 1.165) is 38.8 Å². The minimum atomic E-state index is -0.177. The summed E-state index contributed by atoms with van der Waals surface area (Å²) in [6, 6.07) is 6.91. The Morgan fingerprint density at radius 3 is 2.42 bits per heavy atom. The zero-order chi connectivity index (χ0) is 13.9. The Morgan fingerprint density at radius 1 is 1.26 bits per heavy atom. The van der Waals surface area contributed by atoms with E-state index in [-0.39, 0.29) is 16.8 Å². The second kappa shape index (κ2) is 5.59. The molecule has 1 fully saturated rings. The lowest BCUT2D eigenvalue weighted by Gasteiger charge is -2.45. The molecule has 1 aliphatic heterocycles. The van der Waals surface area contributed by atoms with Gasteiger partial charge in [-0.3, -0.25) is 0 Å². The summed E-state index contributed by atoms with van der Waals surface area (Å²) >= 11 is 0. The molecule has 0 unspecified atom stereocenters. The van der Waals surface area contributed by atoms with Gasteiger partial charge in [-0.15, -0.1) is 0 Å². The van der Waals surface area contributed by atoms with Crippen LogP contribution in [-0.4, -0.2) is 18.8 Å². The number of rotatable bonds is 4. The Hall–Kier alpha value is -0.930. The Bertz CT molecular complexity index is 407. The van der Waals surface area contributed by atoms with Crippen molar-refractivity contribution < 1.29 is 14.9 Å². The van der Waals surface area contributed by atoms with Crippen molar-refractivity contribution >= 4 is 0 Å². The highest BCUT2D eigenvalue weighted by Crippen LogP contribution is 2.42. The minimum Gasteiger partial charge on any atom is -0.374 e. The normalized spacial score (nSPS) is 31.4. The van der Waals surface area contributed by atoms with E-state index in [1.165, 1.54) is 5.56 Å². The monoisotopic (exact) mass is 266 g/mol. The molecule has 1 heterocycles. The average Bonchev–Trinajstić information content (AvgIpc) is 2.43. The maximum Gasteiger partial charge on any atom is 0.123 e. The van der Waals surface area contributed by atoms with Crippen molar-refractivity contribution in [2.24, 2.45) is 0 Å². The van der Waals surface area contributed by atoms with E-state index >= 15 is 0 Å². The van der Waals surface area contributed by atoms with Gasteiger partial charge in [-0.05, 0) is 43.9 Å². The van der Waals surface area contributed by atoms with Crippen LogP contribution in [0.4, 0.5) is 4.39 Å². The third-order valence-electron chi connectivity index (χ3n) is 4.69. The first kappa shape index (κ1) is 14.5. The van der Waals surface area contributed by atoms with E-state index in [2.05, 4.69) is 19.6 Å². The van der Waals surface area contributed by atoms with Gasteiger partial charge in [-0.1, -0.05) is 19.1 Å². The molecule has 0 aliphatic carbocycles. The SMILES string of the molecule is CC[C@@]1(C)CC[C@@](CC[NH3+])(c2ccc(F)cc2)CO1. The molecule has 106 valence electrons. The third-order valence-corrected chi connectivity index (χ3v) is 4.69. The maximum atomic E-state index is 13.1. The molecule has 3 heteroatoms. The van der Waals surface area contributed by atoms with Gasteiger partial charge in [0.1, 0.15) is 5.82 Å². The van der Waals surface area contributed by atoms with Gasteiger partial charge >= 0.3 is 0 Å². The van der Waals surface area contributed by atoms with Crippen LogP contribution in [0.15, 0.2) is 24.3 Å². The predicted octanol–water partition coefficient (Wildman–Crippen LogP) is 2.67. The van der Waals surface area contributed by atoms with E-state index in [4.69, 9.17) is 4.74 Å². The first-order valence-electron chi connectivity index (χ1n) is 7.23. The summed E-state index contributed by atoms with van der Waals surface area (Å²) < 4.78 is 19.2. The smallest absolute Gasteiger partial charge is 0.123 e. The van der Waals surface area contributed by atoms with Crippen LogP contribution in [0.2, 0.25) is 0 Å². The average molecular weight is 266 g/mol. The molecule has 1 aromatic carbocycles. The predicted molar refractivity (Wildman–Crippen MR) is 74.3 cm³/mol. The van der Waals surface area contributed by atoms with E-state index in [1.807, 2.05) is 12.1 Å². The molecule has 0 amide bonds. The molecule has 0 aromatic heterocycles. The van der Waals surface area contributed by atoms with Gasteiger partial charge in [0.25, 0.3) is 0 Å². The number of halogens is 1. The number of ether oxygens (including phenoxy) is 1. The quantitative estimate of drug-likeness (QED) is 0.893. The molecule has 2 nitrogen and oxygen atoms in total. The summed E-state index contributed by atoms with van der Waals surface area (Å²) in [6.45, 7) is 5.96. The fraction of sp³-hybridized carbons (Fsp3) is 0.625. The fourth-order valence-corrected chi connectivity index (χ4v) is 2.95. The van der Waals surface area contributed by atoms with Crippen LogP contribution in [0.25, 0.3) is 0 Å². The summed E-state index contributed by atoms with van der Waals surface area (Å²) in [5, 5.41) is 0. The number of quaternary nitrogens is 1. The van der Waals surface area contributed by atoms with Crippen molar-refractivity contribution in [3.8, 4) is 0 Å². The summed E-state index contributed by atoms with van der Waals surface area (Å²) in [4.78, 5) is 0. The molecule has 1 aromatic rings. The highest BCUT2D eigenvalue weighted by molar-refractivity contribution is 5.27. The molecule has 0 radical (unpaired) electrons. The molecule has 19 heavy (non-hydrogen) atoms. The molecule has 0 bridgehead atoms. The lowest BCUT2D eigenvalue weighted by atomic mass is 9.70. The van der Waals surface area contributed by atoms with Crippen LogP contribution < -0.4 is 5.73 Å². The minimum absolute atomic E-state index is 0.00466. The van der Waals surface area contributed by atoms with Crippen LogP contribution in [0, 0.1) is 5.82 Å². The standard InChI is InChI=1S/C16H24FNO/c1-3-15(2)8-9-16(10-11-18,12-19-15)13-4-6-14(17)7-5-13/h4-7H,3,8-12,18H2,1-2H3/p+1/t15-,16-/m0/s1. The van der Waals surface area contributed by atoms with Crippen LogP contribution in [-0.2, 0) is 10.2 Å². The Kier molecular flexibility index (Phi) is 4.26. The van der Waals surface area contributed by atoms with Gasteiger partial charge in [0.05, 0.1) is 18.8 Å². The third kappa shape index (κ3) is 2.98. The van der Waals surface area contributed by atoms with Crippen LogP contribution in [0.5, 0.6) is 0 Å². The van der Waals surface area contributed by atoms with Crippen molar-refractivity contribution in [2.45, 2.75) is 50.5 Å². The second-order valence-electron chi connectivity index (χ2n) is 5.98. The van der Waals surface area contributed by atoms with E-state index in [1.54, 1.807) is 12.1 Å². The van der Waals surface area contributed by atoms with Crippen LogP contribution in [0.1, 0.15) is 45.1 Å². The highest BCUT2D eigenvalue weighted by atomic mass is 19.1. The summed E-state index contributed by atoms with van der Waals surface area (Å²) in [6.07, 6.45) is 4.19. The number of hydrogen-bond donors (Lipinski definition) is 1. The van der Waals surface area contributed by atoms with E-state index in [9.17, 15) is 4.39 Å². The summed E-state index contributed by atoms with van der Waals surface area (Å²) in [7, 11) is 0. The van der Waals surface area contributed by atoms with Gasteiger partial charge < -0.3 is 10.5 Å². The van der Waals surface area contributed by atoms with Gasteiger partial charge in [-0.2, -0.15) is 0 Å². The van der Waals surface area contributed by atoms with E-state index in [0.29, 0.717) is 0 Å². The first-order chi connectivity index (χ1) is 9.03. The molecule has 1 aliphatic rings. The molecule has 3 N–H and O–H groups in total. The molecular weight excluding hydrogens is 241 g/mol.